The van der Waals surface area contributed by atoms with E-state index in [1.165, 1.54) is 18.2 Å². The average Bonchev–Trinajstić information content (AvgIpc) is 2.96. The van der Waals surface area contributed by atoms with Crippen LogP contribution in [-0.4, -0.2) is 21.1 Å². The van der Waals surface area contributed by atoms with Gasteiger partial charge in [0.1, 0.15) is 0 Å². The second-order valence-corrected chi connectivity index (χ2v) is 6.92. The molecule has 0 saturated carbocycles. The number of hydrogen-bond acceptors (Lipinski definition) is 5. The fraction of sp³-hybridized carbons (Fsp3) is 0.188. The van der Waals surface area contributed by atoms with Crippen molar-refractivity contribution in [1.29, 1.82) is 0 Å². The monoisotopic (exact) mass is 333 g/mol. The molecule has 120 valence electrons. The molecule has 2 aromatic rings. The Morgan fingerprint density at radius 1 is 1.04 bits per heavy atom. The molecule has 3 rings (SSSR count). The summed E-state index contributed by atoms with van der Waals surface area (Å²) in [6, 6.07) is 9.56. The molecule has 0 saturated heterocycles. The van der Waals surface area contributed by atoms with Crippen molar-refractivity contribution in [1.82, 2.24) is 4.72 Å². The number of aryl methyl sites for hydroxylation is 2. The van der Waals surface area contributed by atoms with Crippen molar-refractivity contribution < 1.29 is 22.7 Å². The fourth-order valence-electron chi connectivity index (χ4n) is 2.27. The second-order valence-electron chi connectivity index (χ2n) is 5.27. The number of rotatable bonds is 3. The van der Waals surface area contributed by atoms with Gasteiger partial charge in [-0.15, -0.1) is 0 Å². The molecule has 2 aromatic carbocycles. The molecule has 0 aliphatic carbocycles. The number of amides is 1. The van der Waals surface area contributed by atoms with E-state index in [4.69, 9.17) is 9.47 Å². The Hall–Kier alpha value is -2.54. The summed E-state index contributed by atoms with van der Waals surface area (Å²) >= 11 is 0. The molecule has 0 radical (unpaired) electrons. The highest BCUT2D eigenvalue weighted by Gasteiger charge is 2.22. The van der Waals surface area contributed by atoms with E-state index in [0.717, 1.165) is 5.56 Å². The summed E-state index contributed by atoms with van der Waals surface area (Å²) in [6.45, 7) is 3.55. The predicted octanol–water partition coefficient (Wildman–Crippen LogP) is 2.15. The molecular formula is C16H15NO5S. The number of fused-ring (bicyclic) bond motifs is 1. The molecule has 1 heterocycles. The quantitative estimate of drug-likeness (QED) is 0.931. The van der Waals surface area contributed by atoms with E-state index in [1.807, 2.05) is 6.07 Å². The Morgan fingerprint density at radius 3 is 2.57 bits per heavy atom. The van der Waals surface area contributed by atoms with Gasteiger partial charge in [-0.3, -0.25) is 4.79 Å². The molecule has 6 nitrogen and oxygen atoms in total. The Bertz CT molecular complexity index is 889. The van der Waals surface area contributed by atoms with E-state index in [2.05, 4.69) is 4.72 Å². The van der Waals surface area contributed by atoms with Crippen LogP contribution >= 0.6 is 0 Å². The number of benzene rings is 2. The van der Waals surface area contributed by atoms with Crippen LogP contribution in [0.5, 0.6) is 11.5 Å². The largest absolute Gasteiger partial charge is 0.454 e. The number of sulfonamides is 1. The van der Waals surface area contributed by atoms with E-state index < -0.39 is 15.9 Å². The molecule has 0 unspecified atom stereocenters. The summed E-state index contributed by atoms with van der Waals surface area (Å²) in [7, 11) is -3.95. The fourth-order valence-corrected chi connectivity index (χ4v) is 3.58. The van der Waals surface area contributed by atoms with E-state index in [0.29, 0.717) is 17.1 Å². The number of carbonyl (C=O) groups is 1. The molecule has 0 spiro atoms. The maximum absolute atomic E-state index is 12.4. The first-order chi connectivity index (χ1) is 10.9. The van der Waals surface area contributed by atoms with Gasteiger partial charge in [-0.2, -0.15) is 0 Å². The van der Waals surface area contributed by atoms with E-state index in [9.17, 15) is 13.2 Å². The minimum atomic E-state index is -3.95. The molecule has 7 heteroatoms. The number of carbonyl (C=O) groups excluding carboxylic acids is 1. The minimum Gasteiger partial charge on any atom is -0.454 e. The van der Waals surface area contributed by atoms with Crippen LogP contribution in [0.3, 0.4) is 0 Å². The van der Waals surface area contributed by atoms with Crippen LogP contribution < -0.4 is 14.2 Å². The lowest BCUT2D eigenvalue weighted by Crippen LogP contribution is -2.31. The molecule has 1 amide bonds. The number of hydrogen-bond donors (Lipinski definition) is 1. The highest BCUT2D eigenvalue weighted by molar-refractivity contribution is 7.90. The van der Waals surface area contributed by atoms with Gasteiger partial charge in [0.2, 0.25) is 6.79 Å². The maximum atomic E-state index is 12.4. The zero-order valence-corrected chi connectivity index (χ0v) is 13.4. The highest BCUT2D eigenvalue weighted by atomic mass is 32.2. The summed E-state index contributed by atoms with van der Waals surface area (Å²) in [6.07, 6.45) is 0. The van der Waals surface area contributed by atoms with Crippen LogP contribution in [0.1, 0.15) is 21.5 Å². The molecule has 1 aliphatic heterocycles. The van der Waals surface area contributed by atoms with Gasteiger partial charge in [0, 0.05) is 5.56 Å². The lowest BCUT2D eigenvalue weighted by atomic mass is 10.2. The van der Waals surface area contributed by atoms with Gasteiger partial charge in [0.05, 0.1) is 4.90 Å². The summed E-state index contributed by atoms with van der Waals surface area (Å²) in [5.74, 6) is 0.227. The van der Waals surface area contributed by atoms with Crippen molar-refractivity contribution in [2.45, 2.75) is 18.7 Å². The summed E-state index contributed by atoms with van der Waals surface area (Å²) in [5, 5.41) is 0. The molecule has 1 N–H and O–H groups in total. The third-order valence-corrected chi connectivity index (χ3v) is 4.97. The third kappa shape index (κ3) is 3.00. The molecule has 0 fully saturated rings. The lowest BCUT2D eigenvalue weighted by molar-refractivity contribution is 0.0981. The molecule has 0 atom stereocenters. The van der Waals surface area contributed by atoms with Crippen LogP contribution in [0.25, 0.3) is 0 Å². The number of ether oxygens (including phenoxy) is 2. The van der Waals surface area contributed by atoms with Crippen LogP contribution in [0.15, 0.2) is 41.3 Å². The van der Waals surface area contributed by atoms with Crippen molar-refractivity contribution in [2.24, 2.45) is 0 Å². The van der Waals surface area contributed by atoms with Gasteiger partial charge in [0.15, 0.2) is 11.5 Å². The molecule has 23 heavy (non-hydrogen) atoms. The van der Waals surface area contributed by atoms with Gasteiger partial charge >= 0.3 is 0 Å². The van der Waals surface area contributed by atoms with Crippen molar-refractivity contribution in [3.8, 4) is 11.5 Å². The number of nitrogens with one attached hydrogen (secondary N) is 1. The normalized spacial score (nSPS) is 13.0. The predicted molar refractivity (Wildman–Crippen MR) is 83.1 cm³/mol. The molecule has 0 aromatic heterocycles. The van der Waals surface area contributed by atoms with Crippen molar-refractivity contribution in [3.05, 3.63) is 53.1 Å². The van der Waals surface area contributed by atoms with E-state index in [1.54, 1.807) is 26.0 Å². The SMILES string of the molecule is Cc1ccc(C)c(S(=O)(=O)NC(=O)c2ccc3c(c2)OCO3)c1. The molecule has 0 bridgehead atoms. The smallest absolute Gasteiger partial charge is 0.265 e. The van der Waals surface area contributed by atoms with Crippen molar-refractivity contribution >= 4 is 15.9 Å². The van der Waals surface area contributed by atoms with E-state index in [-0.39, 0.29) is 17.3 Å². The van der Waals surface area contributed by atoms with Crippen LogP contribution in [-0.2, 0) is 10.0 Å². The first kappa shape index (κ1) is 15.4. The van der Waals surface area contributed by atoms with Crippen molar-refractivity contribution in [2.75, 3.05) is 6.79 Å². The van der Waals surface area contributed by atoms with Crippen LogP contribution in [0, 0.1) is 13.8 Å². The molecule has 1 aliphatic rings. The maximum Gasteiger partial charge on any atom is 0.265 e. The standard InChI is InChI=1S/C16H15NO5S/c1-10-3-4-11(2)15(7-10)23(19,20)17-16(18)12-5-6-13-14(8-12)22-9-21-13/h3-8H,9H2,1-2H3,(H,17,18). The van der Waals surface area contributed by atoms with Gasteiger partial charge < -0.3 is 9.47 Å². The summed E-state index contributed by atoms with van der Waals surface area (Å²) in [5.41, 5.74) is 1.55. The lowest BCUT2D eigenvalue weighted by Gasteiger charge is -2.10. The zero-order chi connectivity index (χ0) is 16.6. The Labute approximate surface area is 134 Å². The summed E-state index contributed by atoms with van der Waals surface area (Å²) in [4.78, 5) is 12.3. The van der Waals surface area contributed by atoms with Crippen LogP contribution in [0.2, 0.25) is 0 Å². The van der Waals surface area contributed by atoms with Crippen molar-refractivity contribution in [3.63, 3.8) is 0 Å². The molecular weight excluding hydrogens is 318 g/mol. The van der Waals surface area contributed by atoms with E-state index >= 15 is 0 Å². The minimum absolute atomic E-state index is 0.0845. The topological polar surface area (TPSA) is 81.7 Å². The van der Waals surface area contributed by atoms with Crippen LogP contribution in [0.4, 0.5) is 0 Å². The first-order valence-electron chi connectivity index (χ1n) is 6.91. The third-order valence-electron chi connectivity index (χ3n) is 3.49. The first-order valence-corrected chi connectivity index (χ1v) is 8.39. The van der Waals surface area contributed by atoms with Gasteiger partial charge in [0.25, 0.3) is 15.9 Å². The summed E-state index contributed by atoms with van der Waals surface area (Å²) < 4.78 is 37.3. The Kier molecular flexibility index (Phi) is 3.73. The zero-order valence-electron chi connectivity index (χ0n) is 12.6. The van der Waals surface area contributed by atoms with Gasteiger partial charge in [-0.1, -0.05) is 12.1 Å². The Morgan fingerprint density at radius 2 is 1.78 bits per heavy atom. The van der Waals surface area contributed by atoms with Gasteiger partial charge in [-0.25, -0.2) is 13.1 Å². The average molecular weight is 333 g/mol. The highest BCUT2D eigenvalue weighted by Crippen LogP contribution is 2.32. The second kappa shape index (κ2) is 5.58. The Balaban J connectivity index is 1.88. The van der Waals surface area contributed by atoms with Gasteiger partial charge in [-0.05, 0) is 49.2 Å².